The zero-order valence-corrected chi connectivity index (χ0v) is 15.8. The summed E-state index contributed by atoms with van der Waals surface area (Å²) >= 11 is 0. The number of Topliss-reactive ketones (excluding diaryl/α,β-unsaturated/α-hetero) is 1. The van der Waals surface area contributed by atoms with Gasteiger partial charge in [0.05, 0.1) is 0 Å². The maximum atomic E-state index is 13.7. The number of fused-ring (bicyclic) bond motifs is 3. The Morgan fingerprint density at radius 2 is 1.88 bits per heavy atom. The van der Waals surface area contributed by atoms with Crippen LogP contribution in [0, 0.1) is 0 Å². The maximum absolute atomic E-state index is 13.7. The molecule has 1 aliphatic heterocycles. The number of nitrogens with zero attached hydrogens (tertiary/aromatic N) is 1. The zero-order chi connectivity index (χ0) is 18.3. The van der Waals surface area contributed by atoms with Crippen LogP contribution in [-0.2, 0) is 15.0 Å². The molecule has 136 valence electrons. The van der Waals surface area contributed by atoms with Crippen molar-refractivity contribution in [2.75, 3.05) is 0 Å². The van der Waals surface area contributed by atoms with E-state index in [9.17, 15) is 9.59 Å². The van der Waals surface area contributed by atoms with Gasteiger partial charge in [0.1, 0.15) is 5.41 Å². The molecule has 3 nitrogen and oxygen atoms in total. The minimum atomic E-state index is -0.692. The normalized spacial score (nSPS) is 25.5. The van der Waals surface area contributed by atoms with Crippen LogP contribution in [0.4, 0.5) is 0 Å². The van der Waals surface area contributed by atoms with Gasteiger partial charge in [0.2, 0.25) is 5.91 Å². The van der Waals surface area contributed by atoms with E-state index < -0.39 is 5.41 Å². The van der Waals surface area contributed by atoms with Crippen molar-refractivity contribution in [3.63, 3.8) is 0 Å². The third-order valence-electron chi connectivity index (χ3n) is 6.46. The van der Waals surface area contributed by atoms with Crippen LogP contribution in [-0.4, -0.2) is 22.6 Å². The molecular formula is C23H27NO2. The third-order valence-corrected chi connectivity index (χ3v) is 6.46. The second kappa shape index (κ2) is 6.53. The van der Waals surface area contributed by atoms with E-state index in [-0.39, 0.29) is 17.7 Å². The summed E-state index contributed by atoms with van der Waals surface area (Å²) in [5.41, 5.74) is 3.05. The number of carbonyl (C=O) groups is 2. The summed E-state index contributed by atoms with van der Waals surface area (Å²) in [4.78, 5) is 28.5. The first kappa shape index (κ1) is 17.3. The van der Waals surface area contributed by atoms with Crippen LogP contribution >= 0.6 is 0 Å². The van der Waals surface area contributed by atoms with Crippen molar-refractivity contribution in [3.8, 4) is 0 Å². The topological polar surface area (TPSA) is 37.4 Å². The predicted molar refractivity (Wildman–Crippen MR) is 103 cm³/mol. The van der Waals surface area contributed by atoms with Gasteiger partial charge >= 0.3 is 0 Å². The first-order valence-electron chi connectivity index (χ1n) is 10.0. The minimum absolute atomic E-state index is 0.127. The van der Waals surface area contributed by atoms with Crippen LogP contribution in [0.1, 0.15) is 69.9 Å². The molecule has 4 rings (SSSR count). The Morgan fingerprint density at radius 3 is 2.58 bits per heavy atom. The fraction of sp³-hybridized carbons (Fsp3) is 0.478. The van der Waals surface area contributed by atoms with Crippen LogP contribution in [0.3, 0.4) is 0 Å². The fourth-order valence-electron chi connectivity index (χ4n) is 5.03. The van der Waals surface area contributed by atoms with Crippen molar-refractivity contribution in [1.82, 2.24) is 4.90 Å². The minimum Gasteiger partial charge on any atom is -0.315 e. The van der Waals surface area contributed by atoms with Crippen molar-refractivity contribution < 1.29 is 9.59 Å². The molecule has 1 amide bonds. The van der Waals surface area contributed by atoms with Crippen molar-refractivity contribution in [2.24, 2.45) is 0 Å². The first-order chi connectivity index (χ1) is 12.6. The van der Waals surface area contributed by atoms with Crippen molar-refractivity contribution >= 4 is 17.8 Å². The molecule has 3 aliphatic rings. The average Bonchev–Trinajstić information content (AvgIpc) is 3.01. The van der Waals surface area contributed by atoms with Gasteiger partial charge in [0, 0.05) is 24.2 Å². The van der Waals surface area contributed by atoms with Gasteiger partial charge in [-0.2, -0.15) is 0 Å². The number of carbonyl (C=O) groups excluding carboxylic acids is 2. The molecular weight excluding hydrogens is 322 g/mol. The van der Waals surface area contributed by atoms with E-state index in [1.165, 1.54) is 19.3 Å². The number of benzene rings is 1. The fourth-order valence-corrected chi connectivity index (χ4v) is 5.03. The summed E-state index contributed by atoms with van der Waals surface area (Å²) in [6, 6.07) is 8.37. The van der Waals surface area contributed by atoms with Gasteiger partial charge in [-0.05, 0) is 42.0 Å². The van der Waals surface area contributed by atoms with Crippen LogP contribution in [0.25, 0.3) is 6.08 Å². The van der Waals surface area contributed by atoms with E-state index >= 15 is 0 Å². The largest absolute Gasteiger partial charge is 0.315 e. The molecule has 26 heavy (non-hydrogen) atoms. The monoisotopic (exact) mass is 349 g/mol. The summed E-state index contributed by atoms with van der Waals surface area (Å²) < 4.78 is 0. The lowest BCUT2D eigenvalue weighted by Crippen LogP contribution is -2.45. The molecule has 1 heterocycles. The number of allylic oxidation sites excluding steroid dienone is 1. The predicted octanol–water partition coefficient (Wildman–Crippen LogP) is 4.77. The molecule has 0 spiro atoms. The van der Waals surface area contributed by atoms with E-state index in [1.54, 1.807) is 0 Å². The SMILES string of the molecule is CCC(=O)C1=Cc2ccccc2C2(CC)C(=O)N(C3CCCCC3)C=C12. The summed E-state index contributed by atoms with van der Waals surface area (Å²) in [7, 11) is 0. The Hall–Kier alpha value is -2.16. The van der Waals surface area contributed by atoms with E-state index in [0.717, 1.165) is 35.1 Å². The van der Waals surface area contributed by atoms with Gasteiger partial charge < -0.3 is 4.90 Å². The third kappa shape index (κ3) is 2.33. The molecule has 0 radical (unpaired) electrons. The molecule has 1 atom stereocenters. The molecule has 1 aromatic rings. The summed E-state index contributed by atoms with van der Waals surface area (Å²) in [6.07, 6.45) is 10.9. The molecule has 0 aromatic heterocycles. The quantitative estimate of drug-likeness (QED) is 0.785. The molecule has 1 unspecified atom stereocenters. The molecule has 2 aliphatic carbocycles. The number of hydrogen-bond donors (Lipinski definition) is 0. The Bertz CT molecular complexity index is 813. The number of ketones is 1. The first-order valence-corrected chi connectivity index (χ1v) is 10.0. The van der Waals surface area contributed by atoms with Crippen LogP contribution in [0.15, 0.2) is 41.6 Å². The Labute approximate surface area is 155 Å². The molecule has 0 bridgehead atoms. The second-order valence-electron chi connectivity index (χ2n) is 7.73. The van der Waals surface area contributed by atoms with Gasteiger partial charge in [0.15, 0.2) is 5.78 Å². The van der Waals surface area contributed by atoms with E-state index in [2.05, 4.69) is 13.0 Å². The summed E-state index contributed by atoms with van der Waals surface area (Å²) in [6.45, 7) is 3.97. The van der Waals surface area contributed by atoms with E-state index in [1.807, 2.05) is 42.3 Å². The van der Waals surface area contributed by atoms with E-state index in [0.29, 0.717) is 12.8 Å². The second-order valence-corrected chi connectivity index (χ2v) is 7.73. The average molecular weight is 349 g/mol. The highest BCUT2D eigenvalue weighted by atomic mass is 16.2. The van der Waals surface area contributed by atoms with Gasteiger partial charge in [-0.15, -0.1) is 0 Å². The van der Waals surface area contributed by atoms with Crippen LogP contribution in [0.5, 0.6) is 0 Å². The summed E-state index contributed by atoms with van der Waals surface area (Å²) in [5.74, 6) is 0.297. The number of rotatable bonds is 4. The maximum Gasteiger partial charge on any atom is 0.241 e. The highest BCUT2D eigenvalue weighted by Gasteiger charge is 2.54. The molecule has 1 saturated carbocycles. The number of amides is 1. The zero-order valence-electron chi connectivity index (χ0n) is 15.8. The van der Waals surface area contributed by atoms with Gasteiger partial charge in [0.25, 0.3) is 0 Å². The van der Waals surface area contributed by atoms with Crippen LogP contribution < -0.4 is 0 Å². The lowest BCUT2D eigenvalue weighted by molar-refractivity contribution is -0.134. The van der Waals surface area contributed by atoms with E-state index in [4.69, 9.17) is 0 Å². The van der Waals surface area contributed by atoms with Gasteiger partial charge in [-0.3, -0.25) is 9.59 Å². The smallest absolute Gasteiger partial charge is 0.241 e. The van der Waals surface area contributed by atoms with Gasteiger partial charge in [-0.1, -0.05) is 57.4 Å². The lowest BCUT2D eigenvalue weighted by Gasteiger charge is -2.37. The van der Waals surface area contributed by atoms with Crippen molar-refractivity contribution in [2.45, 2.75) is 70.3 Å². The van der Waals surface area contributed by atoms with Crippen molar-refractivity contribution in [1.29, 1.82) is 0 Å². The van der Waals surface area contributed by atoms with Crippen LogP contribution in [0.2, 0.25) is 0 Å². The molecule has 1 aromatic carbocycles. The standard InChI is InChI=1S/C23H27NO2/c1-3-21(25)18-14-16-10-8-9-13-19(16)23(4-2)20(18)15-24(22(23)26)17-11-6-5-7-12-17/h8-10,13-15,17H,3-7,11-12H2,1-2H3. The van der Waals surface area contributed by atoms with Gasteiger partial charge in [-0.25, -0.2) is 0 Å². The summed E-state index contributed by atoms with van der Waals surface area (Å²) in [5, 5.41) is 0. The lowest BCUT2D eigenvalue weighted by atomic mass is 9.65. The molecule has 0 N–H and O–H groups in total. The Balaban J connectivity index is 1.89. The number of hydrogen-bond acceptors (Lipinski definition) is 2. The Morgan fingerprint density at radius 1 is 1.15 bits per heavy atom. The molecule has 1 fully saturated rings. The molecule has 0 saturated heterocycles. The Kier molecular flexibility index (Phi) is 4.34. The highest BCUT2D eigenvalue weighted by Crippen LogP contribution is 2.51. The van der Waals surface area contributed by atoms with Crippen molar-refractivity contribution in [3.05, 3.63) is 52.7 Å². The highest BCUT2D eigenvalue weighted by molar-refractivity contribution is 6.11. The molecule has 3 heteroatoms.